The second kappa shape index (κ2) is 6.55. The first-order valence-corrected chi connectivity index (χ1v) is 8.39. The zero-order valence-electron chi connectivity index (χ0n) is 12.3. The molecule has 1 aliphatic rings. The molecule has 1 unspecified atom stereocenters. The molecule has 0 bridgehead atoms. The van der Waals surface area contributed by atoms with Gasteiger partial charge in [0.1, 0.15) is 0 Å². The first-order valence-electron chi connectivity index (χ1n) is 6.95. The van der Waals surface area contributed by atoms with E-state index in [0.29, 0.717) is 12.2 Å². The minimum absolute atomic E-state index is 0.0228. The zero-order valence-corrected chi connectivity index (χ0v) is 13.1. The monoisotopic (exact) mass is 311 g/mol. The van der Waals surface area contributed by atoms with E-state index in [4.69, 9.17) is 0 Å². The number of hydrogen-bond acceptors (Lipinski definition) is 4. The van der Waals surface area contributed by atoms with Crippen molar-refractivity contribution in [3.05, 3.63) is 24.3 Å². The predicted molar refractivity (Wildman–Crippen MR) is 81.5 cm³/mol. The molecule has 0 aliphatic carbocycles. The molecule has 1 aliphatic heterocycles. The van der Waals surface area contributed by atoms with Crippen LogP contribution in [0, 0.1) is 5.92 Å². The number of nitrogens with one attached hydrogen (secondary N) is 2. The van der Waals surface area contributed by atoms with E-state index in [9.17, 15) is 13.2 Å². The minimum Gasteiger partial charge on any atom is -0.326 e. The lowest BCUT2D eigenvalue weighted by Crippen LogP contribution is -2.37. The Morgan fingerprint density at radius 3 is 2.48 bits per heavy atom. The van der Waals surface area contributed by atoms with Gasteiger partial charge in [-0.2, -0.15) is 0 Å². The maximum Gasteiger partial charge on any atom is 0.242 e. The number of amides is 1. The standard InChI is InChI=1S/C14H21N3O3S/c1-17(2)21(19,20)13-7-5-12(6-8-13)16-14(18)11-4-3-9-15-10-11/h5-8,11,15H,3-4,9-10H2,1-2H3,(H,16,18). The quantitative estimate of drug-likeness (QED) is 0.865. The summed E-state index contributed by atoms with van der Waals surface area (Å²) in [5.41, 5.74) is 0.614. The van der Waals surface area contributed by atoms with Gasteiger partial charge in [-0.25, -0.2) is 12.7 Å². The van der Waals surface area contributed by atoms with Crippen molar-refractivity contribution >= 4 is 21.6 Å². The normalized spacial score (nSPS) is 19.5. The van der Waals surface area contributed by atoms with E-state index >= 15 is 0 Å². The van der Waals surface area contributed by atoms with Crippen LogP contribution >= 0.6 is 0 Å². The van der Waals surface area contributed by atoms with E-state index in [1.54, 1.807) is 12.1 Å². The number of benzene rings is 1. The Balaban J connectivity index is 2.04. The molecule has 7 heteroatoms. The largest absolute Gasteiger partial charge is 0.326 e. The number of anilines is 1. The molecule has 6 nitrogen and oxygen atoms in total. The fourth-order valence-corrected chi connectivity index (χ4v) is 3.14. The highest BCUT2D eigenvalue weighted by Crippen LogP contribution is 2.18. The van der Waals surface area contributed by atoms with Crippen molar-refractivity contribution in [2.24, 2.45) is 5.92 Å². The first kappa shape index (κ1) is 15.9. The molecule has 0 radical (unpaired) electrons. The van der Waals surface area contributed by atoms with Gasteiger partial charge < -0.3 is 10.6 Å². The Bertz CT molecular complexity index is 590. The van der Waals surface area contributed by atoms with E-state index in [-0.39, 0.29) is 16.7 Å². The summed E-state index contributed by atoms with van der Waals surface area (Å²) in [6.45, 7) is 1.65. The van der Waals surface area contributed by atoms with Gasteiger partial charge >= 0.3 is 0 Å². The molecule has 116 valence electrons. The van der Waals surface area contributed by atoms with Gasteiger partial charge in [-0.15, -0.1) is 0 Å². The molecule has 21 heavy (non-hydrogen) atoms. The van der Waals surface area contributed by atoms with Crippen LogP contribution in [-0.4, -0.2) is 45.8 Å². The Morgan fingerprint density at radius 1 is 1.29 bits per heavy atom. The topological polar surface area (TPSA) is 78.5 Å². The van der Waals surface area contributed by atoms with Gasteiger partial charge in [0, 0.05) is 26.3 Å². The van der Waals surface area contributed by atoms with Gasteiger partial charge in [-0.05, 0) is 43.7 Å². The molecular weight excluding hydrogens is 290 g/mol. The van der Waals surface area contributed by atoms with Crippen molar-refractivity contribution in [2.75, 3.05) is 32.5 Å². The molecule has 1 heterocycles. The average molecular weight is 311 g/mol. The SMILES string of the molecule is CN(C)S(=O)(=O)c1ccc(NC(=O)C2CCCNC2)cc1. The summed E-state index contributed by atoms with van der Waals surface area (Å²) in [6, 6.07) is 6.24. The summed E-state index contributed by atoms with van der Waals surface area (Å²) in [4.78, 5) is 12.3. The number of piperidine rings is 1. The lowest BCUT2D eigenvalue weighted by atomic mass is 9.99. The van der Waals surface area contributed by atoms with Gasteiger partial charge in [0.05, 0.1) is 10.8 Å². The second-order valence-electron chi connectivity index (χ2n) is 5.34. The first-order chi connectivity index (χ1) is 9.91. The summed E-state index contributed by atoms with van der Waals surface area (Å²) >= 11 is 0. The van der Waals surface area contributed by atoms with Gasteiger partial charge in [-0.3, -0.25) is 4.79 Å². The highest BCUT2D eigenvalue weighted by atomic mass is 32.2. The summed E-state index contributed by atoms with van der Waals surface area (Å²) in [5.74, 6) is -0.0469. The minimum atomic E-state index is -3.43. The number of carbonyl (C=O) groups excluding carboxylic acids is 1. The van der Waals surface area contributed by atoms with Crippen LogP contribution in [0.3, 0.4) is 0 Å². The van der Waals surface area contributed by atoms with Crippen molar-refractivity contribution < 1.29 is 13.2 Å². The van der Waals surface area contributed by atoms with Crippen molar-refractivity contribution in [3.63, 3.8) is 0 Å². The third-order valence-electron chi connectivity index (χ3n) is 3.57. The van der Waals surface area contributed by atoms with Crippen LogP contribution in [0.5, 0.6) is 0 Å². The second-order valence-corrected chi connectivity index (χ2v) is 7.50. The molecule has 0 aromatic heterocycles. The molecule has 1 aromatic carbocycles. The van der Waals surface area contributed by atoms with Crippen LogP contribution in [-0.2, 0) is 14.8 Å². The number of rotatable bonds is 4. The fraction of sp³-hybridized carbons (Fsp3) is 0.500. The van der Waals surface area contributed by atoms with E-state index in [2.05, 4.69) is 10.6 Å². The van der Waals surface area contributed by atoms with Crippen molar-refractivity contribution in [1.29, 1.82) is 0 Å². The van der Waals surface area contributed by atoms with Gasteiger partial charge in [0.15, 0.2) is 0 Å². The van der Waals surface area contributed by atoms with E-state index < -0.39 is 10.0 Å². The Labute approximate surface area is 125 Å². The Hall–Kier alpha value is -1.44. The third-order valence-corrected chi connectivity index (χ3v) is 5.40. The van der Waals surface area contributed by atoms with Crippen LogP contribution < -0.4 is 10.6 Å². The molecule has 2 rings (SSSR count). The maximum absolute atomic E-state index is 12.1. The van der Waals surface area contributed by atoms with Crippen LogP contribution in [0.4, 0.5) is 5.69 Å². The molecule has 1 fully saturated rings. The van der Waals surface area contributed by atoms with E-state index in [1.165, 1.54) is 26.2 Å². The lowest BCUT2D eigenvalue weighted by molar-refractivity contribution is -0.120. The summed E-state index contributed by atoms with van der Waals surface area (Å²) in [6.07, 6.45) is 1.88. The van der Waals surface area contributed by atoms with Crippen molar-refractivity contribution in [1.82, 2.24) is 9.62 Å². The predicted octanol–water partition coefficient (Wildman–Crippen LogP) is 0.875. The Kier molecular flexibility index (Phi) is 4.97. The van der Waals surface area contributed by atoms with Gasteiger partial charge in [-0.1, -0.05) is 0 Å². The number of sulfonamides is 1. The third kappa shape index (κ3) is 3.81. The number of nitrogens with zero attached hydrogens (tertiary/aromatic N) is 1. The van der Waals surface area contributed by atoms with Crippen LogP contribution in [0.25, 0.3) is 0 Å². The molecule has 1 saturated heterocycles. The number of hydrogen-bond donors (Lipinski definition) is 2. The maximum atomic E-state index is 12.1. The molecule has 2 N–H and O–H groups in total. The highest BCUT2D eigenvalue weighted by Gasteiger charge is 2.21. The molecule has 1 amide bonds. The smallest absolute Gasteiger partial charge is 0.242 e. The molecule has 1 atom stereocenters. The van der Waals surface area contributed by atoms with Gasteiger partial charge in [0.2, 0.25) is 15.9 Å². The van der Waals surface area contributed by atoms with Crippen molar-refractivity contribution in [2.45, 2.75) is 17.7 Å². The molecule has 1 aromatic rings. The zero-order chi connectivity index (χ0) is 15.5. The van der Waals surface area contributed by atoms with Crippen LogP contribution in [0.1, 0.15) is 12.8 Å². The molecule has 0 spiro atoms. The average Bonchev–Trinajstić information content (AvgIpc) is 2.48. The van der Waals surface area contributed by atoms with Gasteiger partial charge in [0.25, 0.3) is 0 Å². The number of carbonyl (C=O) groups is 1. The Morgan fingerprint density at radius 2 is 1.95 bits per heavy atom. The summed E-state index contributed by atoms with van der Waals surface area (Å²) in [5, 5.41) is 6.03. The van der Waals surface area contributed by atoms with E-state index in [1.807, 2.05) is 0 Å². The molecular formula is C14H21N3O3S. The highest BCUT2D eigenvalue weighted by molar-refractivity contribution is 7.89. The van der Waals surface area contributed by atoms with Crippen molar-refractivity contribution in [3.8, 4) is 0 Å². The summed E-state index contributed by atoms with van der Waals surface area (Å²) < 4.78 is 25.0. The van der Waals surface area contributed by atoms with E-state index in [0.717, 1.165) is 23.7 Å². The molecule has 0 saturated carbocycles. The lowest BCUT2D eigenvalue weighted by Gasteiger charge is -2.22. The van der Waals surface area contributed by atoms with Crippen LogP contribution in [0.15, 0.2) is 29.2 Å². The fourth-order valence-electron chi connectivity index (χ4n) is 2.24. The summed E-state index contributed by atoms with van der Waals surface area (Å²) in [7, 11) is -0.458. The van der Waals surface area contributed by atoms with Crippen LogP contribution in [0.2, 0.25) is 0 Å².